The quantitative estimate of drug-likeness (QED) is 0.851. The molecule has 1 aliphatic heterocycles. The van der Waals surface area contributed by atoms with E-state index in [1.807, 2.05) is 0 Å². The number of benzene rings is 2. The molecule has 2 N–H and O–H groups in total. The molecule has 0 fully saturated rings. The van der Waals surface area contributed by atoms with Gasteiger partial charge in [-0.15, -0.1) is 0 Å². The SMILES string of the molecule is O=C(O)c1ccc(S(=O)(=O)NCc2ccc3c(c2)OCCO3)cc1. The van der Waals surface area contributed by atoms with Crippen LogP contribution in [0.4, 0.5) is 0 Å². The van der Waals surface area contributed by atoms with Crippen molar-refractivity contribution < 1.29 is 27.8 Å². The molecule has 1 aliphatic rings. The molecule has 1 heterocycles. The Kier molecular flexibility index (Phi) is 4.41. The van der Waals surface area contributed by atoms with Gasteiger partial charge in [0.1, 0.15) is 13.2 Å². The molecule has 0 spiro atoms. The minimum absolute atomic E-state index is 0.00467. The third kappa shape index (κ3) is 3.50. The molecule has 24 heavy (non-hydrogen) atoms. The highest BCUT2D eigenvalue weighted by Gasteiger charge is 2.16. The normalized spacial score (nSPS) is 13.5. The summed E-state index contributed by atoms with van der Waals surface area (Å²) in [4.78, 5) is 10.8. The molecular weight excluding hydrogens is 334 g/mol. The van der Waals surface area contributed by atoms with E-state index < -0.39 is 16.0 Å². The first-order valence-corrected chi connectivity index (χ1v) is 8.65. The summed E-state index contributed by atoms with van der Waals surface area (Å²) in [5.74, 6) is 0.115. The van der Waals surface area contributed by atoms with Crippen LogP contribution in [0.3, 0.4) is 0 Å². The van der Waals surface area contributed by atoms with Crippen molar-refractivity contribution in [1.29, 1.82) is 0 Å². The van der Waals surface area contributed by atoms with Gasteiger partial charge in [0, 0.05) is 6.54 Å². The minimum atomic E-state index is -3.74. The van der Waals surface area contributed by atoms with Gasteiger partial charge in [-0.2, -0.15) is 0 Å². The summed E-state index contributed by atoms with van der Waals surface area (Å²) in [6.45, 7) is 1.03. The second kappa shape index (κ2) is 6.50. The van der Waals surface area contributed by atoms with Gasteiger partial charge >= 0.3 is 5.97 Å². The van der Waals surface area contributed by atoms with Crippen LogP contribution in [0.5, 0.6) is 11.5 Å². The van der Waals surface area contributed by atoms with Gasteiger partial charge in [-0.05, 0) is 42.0 Å². The predicted octanol–water partition coefficient (Wildman–Crippen LogP) is 1.63. The molecule has 0 atom stereocenters. The third-order valence-electron chi connectivity index (χ3n) is 3.48. The summed E-state index contributed by atoms with van der Waals surface area (Å²) in [5.41, 5.74) is 0.755. The van der Waals surface area contributed by atoms with E-state index in [-0.39, 0.29) is 17.0 Å². The molecule has 0 saturated carbocycles. The van der Waals surface area contributed by atoms with Crippen molar-refractivity contribution in [2.75, 3.05) is 13.2 Å². The highest BCUT2D eigenvalue weighted by molar-refractivity contribution is 7.89. The number of nitrogens with one attached hydrogen (secondary N) is 1. The van der Waals surface area contributed by atoms with Crippen LogP contribution in [0.15, 0.2) is 47.4 Å². The van der Waals surface area contributed by atoms with E-state index in [0.29, 0.717) is 24.7 Å². The topological polar surface area (TPSA) is 102 Å². The van der Waals surface area contributed by atoms with E-state index in [9.17, 15) is 13.2 Å². The lowest BCUT2D eigenvalue weighted by Gasteiger charge is -2.19. The smallest absolute Gasteiger partial charge is 0.335 e. The number of carbonyl (C=O) groups is 1. The Balaban J connectivity index is 1.72. The molecule has 8 heteroatoms. The van der Waals surface area contributed by atoms with Crippen LogP contribution in [0.25, 0.3) is 0 Å². The molecule has 3 rings (SSSR count). The Hall–Kier alpha value is -2.58. The second-order valence-corrected chi connectivity index (χ2v) is 6.90. The van der Waals surface area contributed by atoms with Crippen molar-refractivity contribution in [2.45, 2.75) is 11.4 Å². The summed E-state index contributed by atoms with van der Waals surface area (Å²) < 4.78 is 37.9. The first-order chi connectivity index (χ1) is 11.5. The standard InChI is InChI=1S/C16H15NO6S/c18-16(19)12-2-4-13(5-3-12)24(20,21)17-10-11-1-6-14-15(9-11)23-8-7-22-14/h1-6,9,17H,7-8,10H2,(H,18,19). The van der Waals surface area contributed by atoms with E-state index in [1.165, 1.54) is 24.3 Å². The zero-order chi connectivity index (χ0) is 17.2. The first-order valence-electron chi connectivity index (χ1n) is 7.17. The minimum Gasteiger partial charge on any atom is -0.486 e. The number of fused-ring (bicyclic) bond motifs is 1. The van der Waals surface area contributed by atoms with Crippen LogP contribution < -0.4 is 14.2 Å². The van der Waals surface area contributed by atoms with Crippen LogP contribution in [0, 0.1) is 0 Å². The summed E-state index contributed by atoms with van der Waals surface area (Å²) >= 11 is 0. The van der Waals surface area contributed by atoms with Crippen molar-refractivity contribution in [3.05, 3.63) is 53.6 Å². The maximum Gasteiger partial charge on any atom is 0.335 e. The summed E-state index contributed by atoms with van der Waals surface area (Å²) in [5, 5.41) is 8.84. The van der Waals surface area contributed by atoms with Crippen molar-refractivity contribution in [2.24, 2.45) is 0 Å². The number of ether oxygens (including phenoxy) is 2. The van der Waals surface area contributed by atoms with Crippen LogP contribution in [-0.2, 0) is 16.6 Å². The number of aromatic carboxylic acids is 1. The molecule has 0 radical (unpaired) electrons. The van der Waals surface area contributed by atoms with Crippen LogP contribution in [-0.4, -0.2) is 32.7 Å². The maximum absolute atomic E-state index is 12.3. The fourth-order valence-corrected chi connectivity index (χ4v) is 3.25. The van der Waals surface area contributed by atoms with Gasteiger partial charge in [0.2, 0.25) is 10.0 Å². The third-order valence-corrected chi connectivity index (χ3v) is 4.90. The molecule has 0 bridgehead atoms. The Bertz CT molecular complexity index is 861. The van der Waals surface area contributed by atoms with Gasteiger partial charge in [-0.3, -0.25) is 0 Å². The fourth-order valence-electron chi connectivity index (χ4n) is 2.24. The number of hydrogen-bond acceptors (Lipinski definition) is 5. The predicted molar refractivity (Wildman–Crippen MR) is 84.9 cm³/mol. The summed E-state index contributed by atoms with van der Waals surface area (Å²) in [7, 11) is -3.74. The molecule has 7 nitrogen and oxygen atoms in total. The van der Waals surface area contributed by atoms with Gasteiger partial charge in [0.15, 0.2) is 11.5 Å². The molecule has 126 valence electrons. The number of hydrogen-bond donors (Lipinski definition) is 2. The van der Waals surface area contributed by atoms with E-state index in [1.54, 1.807) is 18.2 Å². The lowest BCUT2D eigenvalue weighted by Crippen LogP contribution is -2.23. The Morgan fingerprint density at radius 2 is 1.71 bits per heavy atom. The maximum atomic E-state index is 12.3. The van der Waals surface area contributed by atoms with Crippen LogP contribution >= 0.6 is 0 Å². The fraction of sp³-hybridized carbons (Fsp3) is 0.188. The zero-order valence-electron chi connectivity index (χ0n) is 12.6. The lowest BCUT2D eigenvalue weighted by atomic mass is 10.2. The van der Waals surface area contributed by atoms with Crippen molar-refractivity contribution >= 4 is 16.0 Å². The second-order valence-electron chi connectivity index (χ2n) is 5.13. The summed E-state index contributed by atoms with van der Waals surface area (Å²) in [6.07, 6.45) is 0. The highest BCUT2D eigenvalue weighted by atomic mass is 32.2. The summed E-state index contributed by atoms with van der Waals surface area (Å²) in [6, 6.07) is 10.2. The molecule has 0 amide bonds. The van der Waals surface area contributed by atoms with Gasteiger partial charge < -0.3 is 14.6 Å². The van der Waals surface area contributed by atoms with Crippen LogP contribution in [0.1, 0.15) is 15.9 Å². The Morgan fingerprint density at radius 3 is 2.38 bits per heavy atom. The van der Waals surface area contributed by atoms with Gasteiger partial charge in [0.05, 0.1) is 10.5 Å². The lowest BCUT2D eigenvalue weighted by molar-refractivity contribution is 0.0696. The van der Waals surface area contributed by atoms with E-state index in [0.717, 1.165) is 5.56 Å². The highest BCUT2D eigenvalue weighted by Crippen LogP contribution is 2.30. The monoisotopic (exact) mass is 349 g/mol. The van der Waals surface area contributed by atoms with E-state index in [2.05, 4.69) is 4.72 Å². The average Bonchev–Trinajstić information content (AvgIpc) is 2.60. The Morgan fingerprint density at radius 1 is 1.04 bits per heavy atom. The number of rotatable bonds is 5. The van der Waals surface area contributed by atoms with Gasteiger partial charge in [-0.1, -0.05) is 6.07 Å². The van der Waals surface area contributed by atoms with Crippen molar-refractivity contribution in [3.63, 3.8) is 0 Å². The largest absolute Gasteiger partial charge is 0.486 e. The number of carboxylic acids is 1. The zero-order valence-corrected chi connectivity index (χ0v) is 13.4. The number of carboxylic acid groups (broad SMARTS) is 1. The average molecular weight is 349 g/mol. The molecule has 2 aromatic carbocycles. The van der Waals surface area contributed by atoms with Gasteiger partial charge in [0.25, 0.3) is 0 Å². The van der Waals surface area contributed by atoms with Crippen molar-refractivity contribution in [3.8, 4) is 11.5 Å². The first kappa shape index (κ1) is 16.3. The molecular formula is C16H15NO6S. The van der Waals surface area contributed by atoms with Crippen LogP contribution in [0.2, 0.25) is 0 Å². The van der Waals surface area contributed by atoms with Gasteiger partial charge in [-0.25, -0.2) is 17.9 Å². The number of sulfonamides is 1. The Labute approximate surface area is 138 Å². The van der Waals surface area contributed by atoms with E-state index in [4.69, 9.17) is 14.6 Å². The molecule has 0 aliphatic carbocycles. The van der Waals surface area contributed by atoms with Crippen molar-refractivity contribution in [1.82, 2.24) is 4.72 Å². The molecule has 0 unspecified atom stereocenters. The van der Waals surface area contributed by atoms with E-state index >= 15 is 0 Å². The molecule has 2 aromatic rings. The molecule has 0 aromatic heterocycles. The molecule has 0 saturated heterocycles.